The van der Waals surface area contributed by atoms with Crippen LogP contribution in [0.5, 0.6) is 0 Å². The molecule has 21 heavy (non-hydrogen) atoms. The molecular weight excluding hydrogens is 314 g/mol. The summed E-state index contributed by atoms with van der Waals surface area (Å²) in [4.78, 5) is 3.33. The van der Waals surface area contributed by atoms with Crippen molar-refractivity contribution in [2.75, 3.05) is 62.3 Å². The summed E-state index contributed by atoms with van der Waals surface area (Å²) in [6, 6.07) is 0. The second-order valence-corrected chi connectivity index (χ2v) is 7.59. The van der Waals surface area contributed by atoms with E-state index in [1.165, 1.54) is 0 Å². The first kappa shape index (κ1) is 17.8. The fourth-order valence-corrected chi connectivity index (χ4v) is 4.34. The molecule has 2 fully saturated rings. The van der Waals surface area contributed by atoms with Crippen molar-refractivity contribution in [3.05, 3.63) is 0 Å². The van der Waals surface area contributed by atoms with E-state index in [1.807, 2.05) is 0 Å². The van der Waals surface area contributed by atoms with Gasteiger partial charge in [0.25, 0.3) is 0 Å². The Morgan fingerprint density at radius 2 is 1.24 bits per heavy atom. The van der Waals surface area contributed by atoms with Crippen LogP contribution in [0.2, 0.25) is 0 Å². The van der Waals surface area contributed by atoms with Crippen molar-refractivity contribution >= 4 is 23.5 Å². The second-order valence-electron chi connectivity index (χ2n) is 5.38. The molecule has 124 valence electrons. The van der Waals surface area contributed by atoms with Gasteiger partial charge in [-0.25, -0.2) is 9.80 Å². The number of hydrogen-bond donors (Lipinski definition) is 5. The van der Waals surface area contributed by atoms with Gasteiger partial charge in [0.2, 0.25) is 11.8 Å². The smallest absolute Gasteiger partial charge is 0.234 e. The molecule has 0 saturated carbocycles. The van der Waals surface area contributed by atoms with Crippen molar-refractivity contribution in [2.45, 2.75) is 11.8 Å². The van der Waals surface area contributed by atoms with Crippen LogP contribution in [0, 0.1) is 0 Å². The maximum Gasteiger partial charge on any atom is 0.234 e. The molecule has 0 aliphatic carbocycles. The topological polar surface area (TPSA) is 99.4 Å². The molecular formula is C12H25N3O4S2. The summed E-state index contributed by atoms with van der Waals surface area (Å²) in [5, 5.41) is 42.5. The molecule has 0 unspecified atom stereocenters. The molecule has 0 bridgehead atoms. The van der Waals surface area contributed by atoms with Gasteiger partial charge in [0.1, 0.15) is 0 Å². The highest BCUT2D eigenvalue weighted by Gasteiger charge is 2.35. The lowest BCUT2D eigenvalue weighted by Gasteiger charge is -2.39. The maximum absolute atomic E-state index is 9.82. The zero-order chi connectivity index (χ0) is 15.3. The van der Waals surface area contributed by atoms with Gasteiger partial charge in [-0.2, -0.15) is 23.5 Å². The minimum Gasteiger partial charge on any atom is -0.353 e. The molecule has 2 aliphatic rings. The first-order valence-corrected chi connectivity index (χ1v) is 9.48. The van der Waals surface area contributed by atoms with Gasteiger partial charge in [0.15, 0.2) is 0 Å². The average molecular weight is 339 g/mol. The molecule has 7 nitrogen and oxygen atoms in total. The van der Waals surface area contributed by atoms with E-state index < -0.39 is 11.8 Å². The van der Waals surface area contributed by atoms with Crippen LogP contribution < -0.4 is 5.32 Å². The highest BCUT2D eigenvalue weighted by Crippen LogP contribution is 2.22. The third-order valence-electron chi connectivity index (χ3n) is 3.73. The van der Waals surface area contributed by atoms with Crippen molar-refractivity contribution in [3.63, 3.8) is 0 Å². The number of hydrogen-bond acceptors (Lipinski definition) is 9. The van der Waals surface area contributed by atoms with E-state index in [1.54, 1.807) is 33.3 Å². The van der Waals surface area contributed by atoms with Gasteiger partial charge in [-0.1, -0.05) is 0 Å². The molecule has 0 aromatic carbocycles. The summed E-state index contributed by atoms with van der Waals surface area (Å²) >= 11 is 3.08. The van der Waals surface area contributed by atoms with Gasteiger partial charge in [-0.05, 0) is 0 Å². The fraction of sp³-hybridized carbons (Fsp3) is 1.00. The maximum atomic E-state index is 9.82. The molecule has 2 rings (SSSR count). The monoisotopic (exact) mass is 339 g/mol. The Labute approximate surface area is 133 Å². The van der Waals surface area contributed by atoms with Crippen LogP contribution in [-0.4, -0.2) is 104 Å². The molecule has 0 aromatic heterocycles. The number of aliphatic hydroxyl groups is 4. The standard InChI is InChI=1S/C12H25N3O4S2/c16-11(17)9-20-7-5-14(11)3-1-13-2-4-15-6-8-21-10-12(15,18)19/h13,16-19H,1-10H2. The van der Waals surface area contributed by atoms with Crippen LogP contribution in [0.1, 0.15) is 0 Å². The van der Waals surface area contributed by atoms with E-state index in [2.05, 4.69) is 5.32 Å². The van der Waals surface area contributed by atoms with Crippen molar-refractivity contribution in [2.24, 2.45) is 0 Å². The summed E-state index contributed by atoms with van der Waals surface area (Å²) in [6.07, 6.45) is 0. The van der Waals surface area contributed by atoms with Crippen LogP contribution in [0.4, 0.5) is 0 Å². The number of nitrogens with zero attached hydrogens (tertiary/aromatic N) is 2. The van der Waals surface area contributed by atoms with Gasteiger partial charge in [0, 0.05) is 50.8 Å². The van der Waals surface area contributed by atoms with Gasteiger partial charge in [0.05, 0.1) is 11.5 Å². The number of nitrogens with one attached hydrogen (secondary N) is 1. The van der Waals surface area contributed by atoms with Crippen LogP contribution in [0.25, 0.3) is 0 Å². The predicted molar refractivity (Wildman–Crippen MR) is 85.0 cm³/mol. The van der Waals surface area contributed by atoms with E-state index >= 15 is 0 Å². The Morgan fingerprint density at radius 3 is 1.62 bits per heavy atom. The number of thioether (sulfide) groups is 2. The first-order chi connectivity index (χ1) is 9.92. The van der Waals surface area contributed by atoms with E-state index in [0.717, 1.165) is 11.5 Å². The van der Waals surface area contributed by atoms with E-state index in [4.69, 9.17) is 0 Å². The van der Waals surface area contributed by atoms with Crippen molar-refractivity contribution in [1.29, 1.82) is 0 Å². The normalized spacial score (nSPS) is 26.9. The van der Waals surface area contributed by atoms with Gasteiger partial charge in [-0.3, -0.25) is 0 Å². The summed E-state index contributed by atoms with van der Waals surface area (Å²) in [5.74, 6) is -0.968. The van der Waals surface area contributed by atoms with Crippen LogP contribution in [0.15, 0.2) is 0 Å². The SMILES string of the molecule is OC1(O)CSCCN1CCNCCN1CCSCC1(O)O. The van der Waals surface area contributed by atoms with Crippen LogP contribution in [-0.2, 0) is 0 Å². The minimum atomic E-state index is -1.71. The first-order valence-electron chi connectivity index (χ1n) is 7.18. The molecule has 0 amide bonds. The Hall–Kier alpha value is 0.420. The van der Waals surface area contributed by atoms with Crippen molar-refractivity contribution in [3.8, 4) is 0 Å². The molecule has 0 spiro atoms. The molecule has 5 N–H and O–H groups in total. The zero-order valence-electron chi connectivity index (χ0n) is 12.1. The van der Waals surface area contributed by atoms with E-state index in [-0.39, 0.29) is 0 Å². The van der Waals surface area contributed by atoms with Crippen molar-refractivity contribution in [1.82, 2.24) is 15.1 Å². The summed E-state index contributed by atoms with van der Waals surface area (Å²) in [5.41, 5.74) is 0. The molecule has 0 radical (unpaired) electrons. The minimum absolute atomic E-state index is 0.315. The highest BCUT2D eigenvalue weighted by molar-refractivity contribution is 7.99. The summed E-state index contributed by atoms with van der Waals surface area (Å²) in [6.45, 7) is 3.73. The average Bonchev–Trinajstić information content (AvgIpc) is 2.41. The van der Waals surface area contributed by atoms with Gasteiger partial charge >= 0.3 is 0 Å². The van der Waals surface area contributed by atoms with Gasteiger partial charge in [-0.15, -0.1) is 0 Å². The molecule has 2 heterocycles. The molecule has 2 aliphatic heterocycles. The quantitative estimate of drug-likeness (QED) is 0.277. The molecule has 9 heteroatoms. The van der Waals surface area contributed by atoms with E-state index in [0.29, 0.717) is 50.8 Å². The Bertz CT molecular complexity index is 304. The lowest BCUT2D eigenvalue weighted by molar-refractivity contribution is -0.247. The van der Waals surface area contributed by atoms with Crippen molar-refractivity contribution < 1.29 is 20.4 Å². The summed E-state index contributed by atoms with van der Waals surface area (Å²) < 4.78 is 0. The molecule has 0 aromatic rings. The second kappa shape index (κ2) is 7.80. The zero-order valence-corrected chi connectivity index (χ0v) is 13.7. The summed E-state index contributed by atoms with van der Waals surface area (Å²) in [7, 11) is 0. The Balaban J connectivity index is 1.61. The van der Waals surface area contributed by atoms with Crippen LogP contribution >= 0.6 is 23.5 Å². The number of rotatable bonds is 6. The molecule has 2 saturated heterocycles. The fourth-order valence-electron chi connectivity index (χ4n) is 2.44. The molecule has 0 atom stereocenters. The Kier molecular flexibility index (Phi) is 6.60. The Morgan fingerprint density at radius 1 is 0.810 bits per heavy atom. The van der Waals surface area contributed by atoms with Crippen LogP contribution in [0.3, 0.4) is 0 Å². The van der Waals surface area contributed by atoms with E-state index in [9.17, 15) is 20.4 Å². The predicted octanol–water partition coefficient (Wildman–Crippen LogP) is -2.05. The largest absolute Gasteiger partial charge is 0.353 e. The van der Waals surface area contributed by atoms with Gasteiger partial charge < -0.3 is 25.7 Å². The third-order valence-corrected chi connectivity index (χ3v) is 5.86. The lowest BCUT2D eigenvalue weighted by Crippen LogP contribution is -2.57. The lowest BCUT2D eigenvalue weighted by atomic mass is 10.3. The highest BCUT2D eigenvalue weighted by atomic mass is 32.2. The third kappa shape index (κ3) is 5.22.